The van der Waals surface area contributed by atoms with Gasteiger partial charge in [-0.05, 0) is 39.0 Å². The van der Waals surface area contributed by atoms with Gasteiger partial charge in [0.25, 0.3) is 0 Å². The molecular formula is C12H22O. The monoisotopic (exact) mass is 182 g/mol. The number of aliphatic hydroxyl groups excluding tert-OH is 1. The Morgan fingerprint density at radius 2 is 2.00 bits per heavy atom. The highest BCUT2D eigenvalue weighted by Gasteiger charge is 1.97. The van der Waals surface area contributed by atoms with Gasteiger partial charge in [0, 0.05) is 0 Å². The minimum Gasteiger partial charge on any atom is -0.392 e. The van der Waals surface area contributed by atoms with Crippen molar-refractivity contribution in [1.29, 1.82) is 0 Å². The quantitative estimate of drug-likeness (QED) is 0.625. The smallest absolute Gasteiger partial charge is 0.0612 e. The van der Waals surface area contributed by atoms with Crippen LogP contribution in [-0.4, -0.2) is 11.7 Å². The standard InChI is InChI=1S/C12H22O/c1-11(2)7-6-9-12(3)8-4-5-10-13/h4-5,7,12-13H,6,8-10H2,1-3H3/t12-/m1/s1. The fraction of sp³-hybridized carbons (Fsp3) is 0.667. The molecule has 0 saturated heterocycles. The zero-order valence-electron chi connectivity index (χ0n) is 9.09. The number of rotatable bonds is 6. The molecule has 0 aromatic carbocycles. The second kappa shape index (κ2) is 8.06. The van der Waals surface area contributed by atoms with E-state index in [2.05, 4.69) is 32.9 Å². The van der Waals surface area contributed by atoms with Gasteiger partial charge in [-0.1, -0.05) is 30.7 Å². The summed E-state index contributed by atoms with van der Waals surface area (Å²) in [6.45, 7) is 6.69. The Bertz CT molecular complexity index is 164. The molecule has 1 heteroatoms. The molecular weight excluding hydrogens is 160 g/mol. The van der Waals surface area contributed by atoms with Crippen LogP contribution in [0.25, 0.3) is 0 Å². The molecule has 0 saturated carbocycles. The summed E-state index contributed by atoms with van der Waals surface area (Å²) in [5.74, 6) is 0.721. The number of hydrogen-bond donors (Lipinski definition) is 1. The molecule has 0 aliphatic heterocycles. The van der Waals surface area contributed by atoms with E-state index in [9.17, 15) is 0 Å². The van der Waals surface area contributed by atoms with Crippen LogP contribution in [0.15, 0.2) is 23.8 Å². The third kappa shape index (κ3) is 9.35. The van der Waals surface area contributed by atoms with E-state index < -0.39 is 0 Å². The van der Waals surface area contributed by atoms with Gasteiger partial charge in [0.2, 0.25) is 0 Å². The molecule has 0 aromatic heterocycles. The van der Waals surface area contributed by atoms with Crippen molar-refractivity contribution < 1.29 is 5.11 Å². The Labute approximate surface area is 82.2 Å². The average molecular weight is 182 g/mol. The molecule has 1 atom stereocenters. The van der Waals surface area contributed by atoms with Crippen LogP contribution in [0.4, 0.5) is 0 Å². The van der Waals surface area contributed by atoms with E-state index in [1.165, 1.54) is 18.4 Å². The summed E-state index contributed by atoms with van der Waals surface area (Å²) in [6.07, 6.45) is 9.66. The predicted octanol–water partition coefficient (Wildman–Crippen LogP) is 3.31. The van der Waals surface area contributed by atoms with Gasteiger partial charge >= 0.3 is 0 Å². The molecule has 0 aliphatic rings. The molecule has 0 aliphatic carbocycles. The van der Waals surface area contributed by atoms with Crippen LogP contribution in [0.1, 0.15) is 40.0 Å². The Morgan fingerprint density at radius 1 is 1.31 bits per heavy atom. The van der Waals surface area contributed by atoms with E-state index in [0.29, 0.717) is 0 Å². The van der Waals surface area contributed by atoms with Gasteiger partial charge in [-0.3, -0.25) is 0 Å². The number of aliphatic hydroxyl groups is 1. The van der Waals surface area contributed by atoms with Crippen molar-refractivity contribution >= 4 is 0 Å². The minimum atomic E-state index is 0.167. The SMILES string of the molecule is CC(C)=CCC[C@H](C)CC=CCO. The lowest BCUT2D eigenvalue weighted by Gasteiger charge is -2.05. The van der Waals surface area contributed by atoms with Gasteiger partial charge < -0.3 is 5.11 Å². The molecule has 1 N–H and O–H groups in total. The first kappa shape index (κ1) is 12.4. The maximum atomic E-state index is 8.53. The highest BCUT2D eigenvalue weighted by atomic mass is 16.2. The lowest BCUT2D eigenvalue weighted by molar-refractivity contribution is 0.342. The molecule has 0 heterocycles. The third-order valence-corrected chi connectivity index (χ3v) is 2.02. The van der Waals surface area contributed by atoms with Crippen LogP contribution in [0.2, 0.25) is 0 Å². The molecule has 0 rings (SSSR count). The molecule has 0 aromatic rings. The Hall–Kier alpha value is -0.560. The van der Waals surface area contributed by atoms with Crippen LogP contribution in [0.5, 0.6) is 0 Å². The predicted molar refractivity (Wildman–Crippen MR) is 58.7 cm³/mol. The van der Waals surface area contributed by atoms with Crippen molar-refractivity contribution in [3.8, 4) is 0 Å². The summed E-state index contributed by atoms with van der Waals surface area (Å²) in [5, 5.41) is 8.53. The normalized spacial score (nSPS) is 13.2. The van der Waals surface area contributed by atoms with Gasteiger partial charge in [0.1, 0.15) is 0 Å². The van der Waals surface area contributed by atoms with Crippen LogP contribution >= 0.6 is 0 Å². The highest BCUT2D eigenvalue weighted by molar-refractivity contribution is 4.93. The van der Waals surface area contributed by atoms with Gasteiger partial charge in [-0.25, -0.2) is 0 Å². The molecule has 0 amide bonds. The summed E-state index contributed by atoms with van der Waals surface area (Å²) in [4.78, 5) is 0. The Kier molecular flexibility index (Phi) is 7.71. The van der Waals surface area contributed by atoms with E-state index >= 15 is 0 Å². The summed E-state index contributed by atoms with van der Waals surface area (Å²) >= 11 is 0. The first-order valence-electron chi connectivity index (χ1n) is 5.06. The van der Waals surface area contributed by atoms with Gasteiger partial charge in [-0.15, -0.1) is 0 Å². The van der Waals surface area contributed by atoms with Crippen LogP contribution in [0.3, 0.4) is 0 Å². The topological polar surface area (TPSA) is 20.2 Å². The van der Waals surface area contributed by atoms with Crippen LogP contribution in [-0.2, 0) is 0 Å². The number of hydrogen-bond acceptors (Lipinski definition) is 1. The third-order valence-electron chi connectivity index (χ3n) is 2.02. The summed E-state index contributed by atoms with van der Waals surface area (Å²) in [7, 11) is 0. The minimum absolute atomic E-state index is 0.167. The molecule has 0 fully saturated rings. The highest BCUT2D eigenvalue weighted by Crippen LogP contribution is 2.11. The van der Waals surface area contributed by atoms with Crippen molar-refractivity contribution in [2.45, 2.75) is 40.0 Å². The number of allylic oxidation sites excluding steroid dienone is 3. The van der Waals surface area contributed by atoms with Crippen LogP contribution in [0, 0.1) is 5.92 Å². The first-order chi connectivity index (χ1) is 6.16. The van der Waals surface area contributed by atoms with E-state index in [-0.39, 0.29) is 6.61 Å². The van der Waals surface area contributed by atoms with E-state index in [1.807, 2.05) is 6.08 Å². The van der Waals surface area contributed by atoms with Gasteiger partial charge in [0.15, 0.2) is 0 Å². The summed E-state index contributed by atoms with van der Waals surface area (Å²) in [5.41, 5.74) is 1.40. The first-order valence-corrected chi connectivity index (χ1v) is 5.06. The molecule has 13 heavy (non-hydrogen) atoms. The largest absolute Gasteiger partial charge is 0.392 e. The maximum Gasteiger partial charge on any atom is 0.0612 e. The summed E-state index contributed by atoms with van der Waals surface area (Å²) in [6, 6.07) is 0. The second-order valence-electron chi connectivity index (χ2n) is 3.85. The Balaban J connectivity index is 3.46. The molecule has 76 valence electrons. The lowest BCUT2D eigenvalue weighted by atomic mass is 10.0. The molecule has 1 nitrogen and oxygen atoms in total. The van der Waals surface area contributed by atoms with Crippen LogP contribution < -0.4 is 0 Å². The Morgan fingerprint density at radius 3 is 2.54 bits per heavy atom. The van der Waals surface area contributed by atoms with Crippen molar-refractivity contribution in [3.63, 3.8) is 0 Å². The average Bonchev–Trinajstić information content (AvgIpc) is 2.04. The fourth-order valence-electron chi connectivity index (χ4n) is 1.18. The molecule has 0 bridgehead atoms. The van der Waals surface area contributed by atoms with E-state index in [1.54, 1.807) is 0 Å². The van der Waals surface area contributed by atoms with Crippen molar-refractivity contribution in [1.82, 2.24) is 0 Å². The molecule has 0 spiro atoms. The second-order valence-corrected chi connectivity index (χ2v) is 3.85. The zero-order chi connectivity index (χ0) is 10.1. The van der Waals surface area contributed by atoms with Crippen molar-refractivity contribution in [2.24, 2.45) is 5.92 Å². The lowest BCUT2D eigenvalue weighted by Crippen LogP contribution is -1.91. The molecule has 0 radical (unpaired) electrons. The zero-order valence-corrected chi connectivity index (χ0v) is 9.09. The van der Waals surface area contributed by atoms with E-state index in [0.717, 1.165) is 12.3 Å². The van der Waals surface area contributed by atoms with Crippen molar-refractivity contribution in [3.05, 3.63) is 23.8 Å². The van der Waals surface area contributed by atoms with E-state index in [4.69, 9.17) is 5.11 Å². The van der Waals surface area contributed by atoms with Gasteiger partial charge in [0.05, 0.1) is 6.61 Å². The fourth-order valence-corrected chi connectivity index (χ4v) is 1.18. The van der Waals surface area contributed by atoms with Gasteiger partial charge in [-0.2, -0.15) is 0 Å². The molecule has 0 unspecified atom stereocenters. The maximum absolute atomic E-state index is 8.53. The van der Waals surface area contributed by atoms with Crippen molar-refractivity contribution in [2.75, 3.05) is 6.61 Å². The summed E-state index contributed by atoms with van der Waals surface area (Å²) < 4.78 is 0.